The van der Waals surface area contributed by atoms with Gasteiger partial charge in [-0.2, -0.15) is 0 Å². The third-order valence-corrected chi connectivity index (χ3v) is 3.88. The van der Waals surface area contributed by atoms with Crippen molar-refractivity contribution in [2.75, 3.05) is 7.11 Å². The molecule has 0 unspecified atom stereocenters. The van der Waals surface area contributed by atoms with Crippen molar-refractivity contribution in [3.63, 3.8) is 0 Å². The zero-order valence-corrected chi connectivity index (χ0v) is 15.6. The summed E-state index contributed by atoms with van der Waals surface area (Å²) in [6.07, 6.45) is 2.08. The smallest absolute Gasteiger partial charge is 0.137 e. The van der Waals surface area contributed by atoms with Crippen molar-refractivity contribution in [1.82, 2.24) is 0 Å². The molecule has 0 saturated carbocycles. The van der Waals surface area contributed by atoms with Gasteiger partial charge in [0.2, 0.25) is 0 Å². The SMILES string of the molecule is COc1cc(CC(=O)CCC(C)(C)C)cc(C)c1C(C)(C)C. The Morgan fingerprint density at radius 3 is 2.14 bits per heavy atom. The van der Waals surface area contributed by atoms with E-state index in [4.69, 9.17) is 4.74 Å². The Bertz CT molecular complexity index is 528. The molecular formula is C20H32O2. The van der Waals surface area contributed by atoms with Crippen molar-refractivity contribution >= 4 is 5.78 Å². The summed E-state index contributed by atoms with van der Waals surface area (Å²) in [5.41, 5.74) is 3.72. The van der Waals surface area contributed by atoms with Gasteiger partial charge in [-0.05, 0) is 41.4 Å². The van der Waals surface area contributed by atoms with Crippen LogP contribution < -0.4 is 4.74 Å². The molecule has 2 heteroatoms. The first kappa shape index (κ1) is 18.7. The molecule has 0 N–H and O–H groups in total. The van der Waals surface area contributed by atoms with E-state index in [-0.39, 0.29) is 10.8 Å². The first-order valence-electron chi connectivity index (χ1n) is 8.14. The molecule has 2 nitrogen and oxygen atoms in total. The maximum atomic E-state index is 12.2. The molecule has 0 amide bonds. The average Bonchev–Trinajstić information content (AvgIpc) is 2.33. The summed E-state index contributed by atoms with van der Waals surface area (Å²) in [5, 5.41) is 0. The van der Waals surface area contributed by atoms with Crippen molar-refractivity contribution in [1.29, 1.82) is 0 Å². The van der Waals surface area contributed by atoms with Gasteiger partial charge in [-0.25, -0.2) is 0 Å². The number of aryl methyl sites for hydroxylation is 1. The van der Waals surface area contributed by atoms with Crippen molar-refractivity contribution in [2.45, 2.75) is 73.1 Å². The summed E-state index contributed by atoms with van der Waals surface area (Å²) in [5.74, 6) is 1.20. The maximum Gasteiger partial charge on any atom is 0.137 e. The molecule has 124 valence electrons. The molecule has 0 bridgehead atoms. The summed E-state index contributed by atoms with van der Waals surface area (Å²) >= 11 is 0. The van der Waals surface area contributed by atoms with Crippen LogP contribution in [0.25, 0.3) is 0 Å². The van der Waals surface area contributed by atoms with Crippen LogP contribution in [-0.2, 0) is 16.6 Å². The van der Waals surface area contributed by atoms with Crippen LogP contribution in [0, 0.1) is 12.3 Å². The van der Waals surface area contributed by atoms with E-state index in [2.05, 4.69) is 54.5 Å². The quantitative estimate of drug-likeness (QED) is 0.743. The number of methoxy groups -OCH3 is 1. The van der Waals surface area contributed by atoms with Gasteiger partial charge in [0.25, 0.3) is 0 Å². The van der Waals surface area contributed by atoms with Crippen molar-refractivity contribution in [2.24, 2.45) is 5.41 Å². The maximum absolute atomic E-state index is 12.2. The van der Waals surface area contributed by atoms with Gasteiger partial charge in [-0.3, -0.25) is 4.79 Å². The minimum atomic E-state index is 0.0319. The third kappa shape index (κ3) is 5.47. The zero-order chi connectivity index (χ0) is 17.1. The van der Waals surface area contributed by atoms with E-state index in [9.17, 15) is 4.79 Å². The largest absolute Gasteiger partial charge is 0.496 e. The molecule has 0 spiro atoms. The van der Waals surface area contributed by atoms with Crippen LogP contribution in [0.3, 0.4) is 0 Å². The topological polar surface area (TPSA) is 26.3 Å². The molecule has 0 heterocycles. The van der Waals surface area contributed by atoms with Gasteiger partial charge in [0.15, 0.2) is 0 Å². The molecule has 1 aromatic carbocycles. The zero-order valence-electron chi connectivity index (χ0n) is 15.6. The molecule has 0 aromatic heterocycles. The molecule has 1 rings (SSSR count). The lowest BCUT2D eigenvalue weighted by Crippen LogP contribution is -2.16. The Morgan fingerprint density at radius 2 is 1.68 bits per heavy atom. The van der Waals surface area contributed by atoms with E-state index in [0.717, 1.165) is 17.7 Å². The second-order valence-corrected chi connectivity index (χ2v) is 8.52. The van der Waals surface area contributed by atoms with E-state index in [1.165, 1.54) is 11.1 Å². The van der Waals surface area contributed by atoms with Crippen LogP contribution in [0.5, 0.6) is 5.75 Å². The third-order valence-electron chi connectivity index (χ3n) is 3.88. The van der Waals surface area contributed by atoms with Crippen molar-refractivity contribution < 1.29 is 9.53 Å². The van der Waals surface area contributed by atoms with Crippen molar-refractivity contribution in [3.05, 3.63) is 28.8 Å². The van der Waals surface area contributed by atoms with Gasteiger partial charge in [0.1, 0.15) is 11.5 Å². The van der Waals surface area contributed by atoms with Gasteiger partial charge >= 0.3 is 0 Å². The number of carbonyl (C=O) groups is 1. The lowest BCUT2D eigenvalue weighted by molar-refractivity contribution is -0.118. The highest BCUT2D eigenvalue weighted by atomic mass is 16.5. The summed E-state index contributed by atoms with van der Waals surface area (Å²) in [7, 11) is 1.70. The number of Topliss-reactive ketones (excluding diaryl/α,β-unsaturated/α-hetero) is 1. The van der Waals surface area contributed by atoms with E-state index in [1.54, 1.807) is 7.11 Å². The Balaban J connectivity index is 2.94. The second-order valence-electron chi connectivity index (χ2n) is 8.52. The summed E-state index contributed by atoms with van der Waals surface area (Å²) in [6, 6.07) is 4.17. The second kappa shape index (κ2) is 6.85. The number of ketones is 1. The minimum Gasteiger partial charge on any atom is -0.496 e. The first-order valence-corrected chi connectivity index (χ1v) is 8.14. The van der Waals surface area contributed by atoms with Gasteiger partial charge in [-0.1, -0.05) is 47.6 Å². The molecule has 0 aliphatic rings. The van der Waals surface area contributed by atoms with Gasteiger partial charge in [0, 0.05) is 18.4 Å². The van der Waals surface area contributed by atoms with E-state index in [0.29, 0.717) is 18.6 Å². The lowest BCUT2D eigenvalue weighted by atomic mass is 9.82. The molecule has 0 aliphatic heterocycles. The van der Waals surface area contributed by atoms with Crippen LogP contribution in [0.2, 0.25) is 0 Å². The molecule has 0 saturated heterocycles. The Morgan fingerprint density at radius 1 is 1.09 bits per heavy atom. The number of benzene rings is 1. The molecule has 22 heavy (non-hydrogen) atoms. The van der Waals surface area contributed by atoms with Crippen molar-refractivity contribution in [3.8, 4) is 5.75 Å². The van der Waals surface area contributed by atoms with Gasteiger partial charge in [0.05, 0.1) is 7.11 Å². The molecule has 0 aliphatic carbocycles. The standard InChI is InChI=1S/C20H32O2/c1-14-11-15(12-16(21)9-10-19(2,3)4)13-17(22-8)18(14)20(5,6)7/h11,13H,9-10,12H2,1-8H3. The summed E-state index contributed by atoms with van der Waals surface area (Å²) in [6.45, 7) is 15.2. The Labute approximate surface area is 136 Å². The molecule has 0 atom stereocenters. The monoisotopic (exact) mass is 304 g/mol. The Hall–Kier alpha value is -1.31. The van der Waals surface area contributed by atoms with Crippen LogP contribution >= 0.6 is 0 Å². The highest BCUT2D eigenvalue weighted by Crippen LogP contribution is 2.35. The van der Waals surface area contributed by atoms with Crippen LogP contribution in [0.1, 0.15) is 71.1 Å². The van der Waals surface area contributed by atoms with Crippen LogP contribution in [0.15, 0.2) is 12.1 Å². The van der Waals surface area contributed by atoms with Gasteiger partial charge < -0.3 is 4.74 Å². The summed E-state index contributed by atoms with van der Waals surface area (Å²) in [4.78, 5) is 12.2. The summed E-state index contributed by atoms with van der Waals surface area (Å²) < 4.78 is 5.58. The fourth-order valence-corrected chi connectivity index (χ4v) is 2.88. The number of hydrogen-bond donors (Lipinski definition) is 0. The van der Waals surface area contributed by atoms with Gasteiger partial charge in [-0.15, -0.1) is 0 Å². The molecule has 0 radical (unpaired) electrons. The Kier molecular flexibility index (Phi) is 5.83. The number of hydrogen-bond acceptors (Lipinski definition) is 2. The minimum absolute atomic E-state index is 0.0319. The number of ether oxygens (including phenoxy) is 1. The predicted octanol–water partition coefficient (Wildman–Crippen LogP) is 5.24. The van der Waals surface area contributed by atoms with Crippen LogP contribution in [-0.4, -0.2) is 12.9 Å². The van der Waals surface area contributed by atoms with E-state index in [1.807, 2.05) is 6.07 Å². The van der Waals surface area contributed by atoms with E-state index < -0.39 is 0 Å². The average molecular weight is 304 g/mol. The fraction of sp³-hybridized carbons (Fsp3) is 0.650. The lowest BCUT2D eigenvalue weighted by Gasteiger charge is -2.25. The number of rotatable bonds is 5. The molecule has 0 fully saturated rings. The molecular weight excluding hydrogens is 272 g/mol. The first-order chi connectivity index (χ1) is 9.94. The van der Waals surface area contributed by atoms with Crippen LogP contribution in [0.4, 0.5) is 0 Å². The molecule has 1 aromatic rings. The predicted molar refractivity (Wildman–Crippen MR) is 93.8 cm³/mol. The highest BCUT2D eigenvalue weighted by Gasteiger charge is 2.22. The fourth-order valence-electron chi connectivity index (χ4n) is 2.88. The van der Waals surface area contributed by atoms with E-state index >= 15 is 0 Å². The normalized spacial score (nSPS) is 12.4. The highest BCUT2D eigenvalue weighted by molar-refractivity contribution is 5.81. The number of carbonyl (C=O) groups excluding carboxylic acids is 1.